The van der Waals surface area contributed by atoms with Crippen LogP contribution in [0, 0.1) is 5.41 Å². The van der Waals surface area contributed by atoms with E-state index in [0.717, 1.165) is 0 Å². The second kappa shape index (κ2) is 6.36. The molecule has 19 heavy (non-hydrogen) atoms. The Morgan fingerprint density at radius 2 is 1.89 bits per heavy atom. The van der Waals surface area contributed by atoms with Crippen LogP contribution in [0.2, 0.25) is 0 Å². The molecule has 1 heterocycles. The van der Waals surface area contributed by atoms with E-state index >= 15 is 0 Å². The summed E-state index contributed by atoms with van der Waals surface area (Å²) in [5, 5.41) is 2.76. The van der Waals surface area contributed by atoms with Gasteiger partial charge >= 0.3 is 6.01 Å². The summed E-state index contributed by atoms with van der Waals surface area (Å²) in [4.78, 5) is 20.1. The summed E-state index contributed by atoms with van der Waals surface area (Å²) in [6.07, 6.45) is 1.49. The number of nitrogens with zero attached hydrogens (tertiary/aromatic N) is 2. The van der Waals surface area contributed by atoms with Crippen molar-refractivity contribution < 1.29 is 14.3 Å². The van der Waals surface area contributed by atoms with Crippen LogP contribution in [-0.4, -0.2) is 29.1 Å². The Morgan fingerprint density at radius 1 is 1.26 bits per heavy atom. The van der Waals surface area contributed by atoms with E-state index in [9.17, 15) is 4.79 Å². The molecule has 1 amide bonds. The summed E-state index contributed by atoms with van der Waals surface area (Å²) in [5.41, 5.74) is -0.0487. The molecule has 0 unspecified atom stereocenters. The first-order chi connectivity index (χ1) is 8.88. The minimum atomic E-state index is -0.498. The molecule has 0 saturated carbocycles. The van der Waals surface area contributed by atoms with E-state index in [1.165, 1.54) is 6.20 Å². The lowest BCUT2D eigenvalue weighted by Crippen LogP contribution is -2.28. The fourth-order valence-electron chi connectivity index (χ4n) is 1.19. The van der Waals surface area contributed by atoms with Gasteiger partial charge < -0.3 is 14.8 Å². The van der Waals surface area contributed by atoms with E-state index in [4.69, 9.17) is 9.47 Å². The Kier molecular flexibility index (Phi) is 5.09. The average Bonchev–Trinajstić information content (AvgIpc) is 2.32. The first-order valence-corrected chi connectivity index (χ1v) is 6.32. The maximum absolute atomic E-state index is 11.9. The highest BCUT2D eigenvalue weighted by Gasteiger charge is 2.23. The summed E-state index contributed by atoms with van der Waals surface area (Å²) >= 11 is 0. The number of hydrogen-bond acceptors (Lipinski definition) is 5. The number of anilines is 1. The molecule has 0 aromatic carbocycles. The first kappa shape index (κ1) is 15.2. The SMILES string of the molecule is CCOc1ncc(NC(=O)C(C)(C)C)c(OCC)n1. The lowest BCUT2D eigenvalue weighted by Gasteiger charge is -2.18. The summed E-state index contributed by atoms with van der Waals surface area (Å²) in [6, 6.07) is 0.236. The Balaban J connectivity index is 2.96. The van der Waals surface area contributed by atoms with Gasteiger partial charge in [0.15, 0.2) is 0 Å². The maximum Gasteiger partial charge on any atom is 0.319 e. The molecule has 0 saturated heterocycles. The van der Waals surface area contributed by atoms with Crippen molar-refractivity contribution in [1.29, 1.82) is 0 Å². The van der Waals surface area contributed by atoms with Crippen LogP contribution >= 0.6 is 0 Å². The lowest BCUT2D eigenvalue weighted by molar-refractivity contribution is -0.123. The second-order valence-electron chi connectivity index (χ2n) is 4.94. The van der Waals surface area contributed by atoms with Gasteiger partial charge in [-0.15, -0.1) is 0 Å². The summed E-state index contributed by atoms with van der Waals surface area (Å²) < 4.78 is 10.6. The first-order valence-electron chi connectivity index (χ1n) is 6.32. The predicted octanol–water partition coefficient (Wildman–Crippen LogP) is 2.26. The lowest BCUT2D eigenvalue weighted by atomic mass is 9.96. The van der Waals surface area contributed by atoms with Crippen LogP contribution < -0.4 is 14.8 Å². The van der Waals surface area contributed by atoms with Gasteiger partial charge in [-0.05, 0) is 13.8 Å². The van der Waals surface area contributed by atoms with Gasteiger partial charge in [-0.25, -0.2) is 4.98 Å². The Hall–Kier alpha value is -1.85. The van der Waals surface area contributed by atoms with Crippen molar-refractivity contribution in [2.24, 2.45) is 5.41 Å². The molecule has 0 aliphatic carbocycles. The van der Waals surface area contributed by atoms with Crippen molar-refractivity contribution in [3.63, 3.8) is 0 Å². The molecule has 1 N–H and O–H groups in total. The van der Waals surface area contributed by atoms with Gasteiger partial charge in [-0.3, -0.25) is 4.79 Å². The highest BCUT2D eigenvalue weighted by atomic mass is 16.5. The topological polar surface area (TPSA) is 73.3 Å². The molecule has 1 aromatic heterocycles. The van der Waals surface area contributed by atoms with E-state index in [-0.39, 0.29) is 11.9 Å². The third-order valence-corrected chi connectivity index (χ3v) is 2.22. The van der Waals surface area contributed by atoms with Crippen molar-refractivity contribution in [2.45, 2.75) is 34.6 Å². The van der Waals surface area contributed by atoms with Crippen LogP contribution in [0.3, 0.4) is 0 Å². The smallest absolute Gasteiger partial charge is 0.319 e. The Bertz CT molecular complexity index is 441. The number of amides is 1. The molecular formula is C13H21N3O3. The normalized spacial score (nSPS) is 11.0. The third kappa shape index (κ3) is 4.39. The number of ether oxygens (including phenoxy) is 2. The molecule has 1 aromatic rings. The van der Waals surface area contributed by atoms with E-state index in [1.54, 1.807) is 0 Å². The van der Waals surface area contributed by atoms with Crippen LogP contribution in [0.25, 0.3) is 0 Å². The largest absolute Gasteiger partial charge is 0.476 e. The Morgan fingerprint density at radius 3 is 2.42 bits per heavy atom. The van der Waals surface area contributed by atoms with Crippen molar-refractivity contribution >= 4 is 11.6 Å². The molecule has 0 fully saturated rings. The number of nitrogens with one attached hydrogen (secondary N) is 1. The van der Waals surface area contributed by atoms with Crippen LogP contribution in [0.5, 0.6) is 11.9 Å². The highest BCUT2D eigenvalue weighted by molar-refractivity contribution is 5.95. The maximum atomic E-state index is 11.9. The highest BCUT2D eigenvalue weighted by Crippen LogP contribution is 2.25. The van der Waals surface area contributed by atoms with E-state index < -0.39 is 5.41 Å². The number of hydrogen-bond donors (Lipinski definition) is 1. The zero-order valence-electron chi connectivity index (χ0n) is 12.1. The number of carbonyl (C=O) groups excluding carboxylic acids is 1. The minimum absolute atomic E-state index is 0.124. The van der Waals surface area contributed by atoms with Gasteiger partial charge in [-0.2, -0.15) is 4.98 Å². The van der Waals surface area contributed by atoms with Crippen LogP contribution in [-0.2, 0) is 4.79 Å². The van der Waals surface area contributed by atoms with Gasteiger partial charge in [0.05, 0.1) is 19.4 Å². The molecule has 0 radical (unpaired) electrons. The van der Waals surface area contributed by atoms with Crippen molar-refractivity contribution in [3.05, 3.63) is 6.20 Å². The second-order valence-corrected chi connectivity index (χ2v) is 4.94. The van der Waals surface area contributed by atoms with Crippen molar-refractivity contribution in [3.8, 4) is 11.9 Å². The number of carbonyl (C=O) groups is 1. The molecule has 0 aliphatic rings. The zero-order valence-corrected chi connectivity index (χ0v) is 12.1. The molecule has 6 heteroatoms. The van der Waals surface area contributed by atoms with Crippen LogP contribution in [0.4, 0.5) is 5.69 Å². The van der Waals surface area contributed by atoms with E-state index in [2.05, 4.69) is 15.3 Å². The fraction of sp³-hybridized carbons (Fsp3) is 0.615. The molecule has 6 nitrogen and oxygen atoms in total. The molecule has 0 spiro atoms. The molecular weight excluding hydrogens is 246 g/mol. The predicted molar refractivity (Wildman–Crippen MR) is 72.5 cm³/mol. The van der Waals surface area contributed by atoms with E-state index in [0.29, 0.717) is 24.8 Å². The monoisotopic (exact) mass is 267 g/mol. The van der Waals surface area contributed by atoms with Gasteiger partial charge in [0.2, 0.25) is 11.8 Å². The number of aromatic nitrogens is 2. The minimum Gasteiger partial charge on any atom is -0.476 e. The van der Waals surface area contributed by atoms with Gasteiger partial charge in [0.1, 0.15) is 5.69 Å². The van der Waals surface area contributed by atoms with Crippen molar-refractivity contribution in [2.75, 3.05) is 18.5 Å². The van der Waals surface area contributed by atoms with Gasteiger partial charge in [0, 0.05) is 5.41 Å². The summed E-state index contributed by atoms with van der Waals surface area (Å²) in [5.74, 6) is 0.194. The summed E-state index contributed by atoms with van der Waals surface area (Å²) in [7, 11) is 0. The van der Waals surface area contributed by atoms with Crippen LogP contribution in [0.15, 0.2) is 6.20 Å². The standard InChI is InChI=1S/C13H21N3O3/c1-6-18-10-9(15-11(17)13(3,4)5)8-14-12(16-10)19-7-2/h8H,6-7H2,1-5H3,(H,15,17). The Labute approximate surface area is 113 Å². The number of rotatable bonds is 5. The quantitative estimate of drug-likeness (QED) is 0.885. The van der Waals surface area contributed by atoms with E-state index in [1.807, 2.05) is 34.6 Å². The average molecular weight is 267 g/mol. The van der Waals surface area contributed by atoms with Gasteiger partial charge in [-0.1, -0.05) is 20.8 Å². The van der Waals surface area contributed by atoms with Gasteiger partial charge in [0.25, 0.3) is 0 Å². The molecule has 106 valence electrons. The van der Waals surface area contributed by atoms with Crippen LogP contribution in [0.1, 0.15) is 34.6 Å². The zero-order chi connectivity index (χ0) is 14.5. The molecule has 0 aliphatic heterocycles. The summed E-state index contributed by atoms with van der Waals surface area (Å²) in [6.45, 7) is 10.1. The fourth-order valence-corrected chi connectivity index (χ4v) is 1.19. The molecule has 1 rings (SSSR count). The van der Waals surface area contributed by atoms with Crippen molar-refractivity contribution in [1.82, 2.24) is 9.97 Å². The molecule has 0 atom stereocenters. The molecule has 0 bridgehead atoms. The third-order valence-electron chi connectivity index (χ3n) is 2.22.